The van der Waals surface area contributed by atoms with E-state index < -0.39 is 0 Å². The van der Waals surface area contributed by atoms with Crippen molar-refractivity contribution in [2.24, 2.45) is 0 Å². The number of ether oxygens (including phenoxy) is 1. The molecule has 0 unspecified atom stereocenters. The number of nitrogens with two attached hydrogens (primary N) is 1. The number of pyridine rings is 1. The van der Waals surface area contributed by atoms with Crippen LogP contribution in [0, 0.1) is 11.3 Å². The Labute approximate surface area is 92.9 Å². The Kier molecular flexibility index (Phi) is 2.70. The number of hydrogen-bond donors (Lipinski definition) is 1. The van der Waals surface area contributed by atoms with Crippen LogP contribution in [0.2, 0.25) is 0 Å². The van der Waals surface area contributed by atoms with E-state index in [1.54, 1.807) is 30.3 Å². The van der Waals surface area contributed by atoms with Crippen LogP contribution in [-0.2, 0) is 0 Å². The smallest absolute Gasteiger partial charge is 0.220 e. The zero-order valence-corrected chi connectivity index (χ0v) is 8.42. The minimum atomic E-state index is 0.312. The monoisotopic (exact) mass is 211 g/mol. The van der Waals surface area contributed by atoms with Gasteiger partial charge in [0.15, 0.2) is 5.75 Å². The van der Waals surface area contributed by atoms with Gasteiger partial charge in [-0.05, 0) is 18.2 Å². The van der Waals surface area contributed by atoms with E-state index in [0.717, 1.165) is 0 Å². The normalized spacial score (nSPS) is 9.44. The van der Waals surface area contributed by atoms with Gasteiger partial charge < -0.3 is 10.5 Å². The lowest BCUT2D eigenvalue weighted by atomic mass is 10.3. The Morgan fingerprint density at radius 3 is 2.69 bits per heavy atom. The Balaban J connectivity index is 2.28. The lowest BCUT2D eigenvalue weighted by Gasteiger charge is -2.06. The second-order valence-corrected chi connectivity index (χ2v) is 3.11. The summed E-state index contributed by atoms with van der Waals surface area (Å²) in [7, 11) is 0. The van der Waals surface area contributed by atoms with Crippen molar-refractivity contribution in [2.75, 3.05) is 5.73 Å². The fraction of sp³-hybridized carbons (Fsp3) is 0. The van der Waals surface area contributed by atoms with Crippen LogP contribution in [0.15, 0.2) is 42.5 Å². The lowest BCUT2D eigenvalue weighted by molar-refractivity contribution is 0.464. The van der Waals surface area contributed by atoms with E-state index in [0.29, 0.717) is 23.0 Å². The number of nitrogens with zero attached hydrogens (tertiary/aromatic N) is 2. The predicted octanol–water partition coefficient (Wildman–Crippen LogP) is 2.33. The first-order chi connectivity index (χ1) is 7.79. The number of anilines is 1. The summed E-state index contributed by atoms with van der Waals surface area (Å²) in [4.78, 5) is 3.99. The molecular formula is C12H9N3O. The van der Waals surface area contributed by atoms with Crippen molar-refractivity contribution in [3.63, 3.8) is 0 Å². The van der Waals surface area contributed by atoms with Gasteiger partial charge in [0.1, 0.15) is 11.8 Å². The average molecular weight is 211 g/mol. The highest BCUT2D eigenvalue weighted by Crippen LogP contribution is 2.25. The topological polar surface area (TPSA) is 71.9 Å². The van der Waals surface area contributed by atoms with E-state index in [1.165, 1.54) is 0 Å². The first-order valence-corrected chi connectivity index (χ1v) is 4.69. The fourth-order valence-corrected chi connectivity index (χ4v) is 1.22. The van der Waals surface area contributed by atoms with Gasteiger partial charge in [-0.25, -0.2) is 4.98 Å². The summed E-state index contributed by atoms with van der Waals surface area (Å²) in [5, 5.41) is 8.69. The van der Waals surface area contributed by atoms with Crippen molar-refractivity contribution in [1.29, 1.82) is 5.26 Å². The molecule has 0 aliphatic heterocycles. The summed E-state index contributed by atoms with van der Waals surface area (Å²) in [6, 6.07) is 14.1. The summed E-state index contributed by atoms with van der Waals surface area (Å²) in [6.07, 6.45) is 0. The highest BCUT2D eigenvalue weighted by Gasteiger charge is 2.02. The maximum absolute atomic E-state index is 8.69. The van der Waals surface area contributed by atoms with Crippen molar-refractivity contribution < 1.29 is 4.74 Å². The van der Waals surface area contributed by atoms with Gasteiger partial charge in [-0.3, -0.25) is 0 Å². The van der Waals surface area contributed by atoms with Crippen molar-refractivity contribution in [3.05, 3.63) is 48.2 Å². The van der Waals surface area contributed by atoms with E-state index in [2.05, 4.69) is 4.98 Å². The molecule has 78 valence electrons. The van der Waals surface area contributed by atoms with Gasteiger partial charge in [-0.1, -0.05) is 18.2 Å². The van der Waals surface area contributed by atoms with Crippen molar-refractivity contribution >= 4 is 5.69 Å². The Morgan fingerprint density at radius 1 is 1.12 bits per heavy atom. The molecule has 0 spiro atoms. The van der Waals surface area contributed by atoms with Crippen LogP contribution in [0.5, 0.6) is 11.6 Å². The largest absolute Gasteiger partial charge is 0.437 e. The summed E-state index contributed by atoms with van der Waals surface area (Å²) in [5.41, 5.74) is 6.57. The van der Waals surface area contributed by atoms with Crippen LogP contribution in [-0.4, -0.2) is 4.98 Å². The van der Waals surface area contributed by atoms with Gasteiger partial charge in [-0.2, -0.15) is 5.26 Å². The van der Waals surface area contributed by atoms with Crippen molar-refractivity contribution in [2.45, 2.75) is 0 Å². The minimum absolute atomic E-state index is 0.312. The van der Waals surface area contributed by atoms with Crippen LogP contribution in [0.25, 0.3) is 0 Å². The molecule has 1 heterocycles. The molecule has 2 rings (SSSR count). The van der Waals surface area contributed by atoms with Crippen molar-refractivity contribution in [1.82, 2.24) is 4.98 Å². The molecule has 0 bridgehead atoms. The van der Waals surface area contributed by atoms with Crippen LogP contribution in [0.1, 0.15) is 5.69 Å². The molecule has 0 amide bonds. The SMILES string of the molecule is N#Cc1cccc(Oc2ccccc2N)n1. The molecular weight excluding hydrogens is 202 g/mol. The van der Waals surface area contributed by atoms with E-state index in [9.17, 15) is 0 Å². The van der Waals surface area contributed by atoms with E-state index in [4.69, 9.17) is 15.7 Å². The van der Waals surface area contributed by atoms with Gasteiger partial charge in [0, 0.05) is 6.07 Å². The maximum Gasteiger partial charge on any atom is 0.220 e. The molecule has 4 heteroatoms. The summed E-state index contributed by atoms with van der Waals surface area (Å²) in [5.74, 6) is 0.891. The number of nitrogen functional groups attached to an aromatic ring is 1. The van der Waals surface area contributed by atoms with E-state index in [-0.39, 0.29) is 0 Å². The quantitative estimate of drug-likeness (QED) is 0.774. The Hall–Kier alpha value is -2.54. The van der Waals surface area contributed by atoms with Crippen LogP contribution >= 0.6 is 0 Å². The number of benzene rings is 1. The average Bonchev–Trinajstić information content (AvgIpc) is 2.32. The van der Waals surface area contributed by atoms with E-state index in [1.807, 2.05) is 18.2 Å². The third kappa shape index (κ3) is 2.10. The summed E-state index contributed by atoms with van der Waals surface area (Å²) >= 11 is 0. The molecule has 0 saturated heterocycles. The van der Waals surface area contributed by atoms with Crippen LogP contribution < -0.4 is 10.5 Å². The standard InChI is InChI=1S/C12H9N3O/c13-8-9-4-3-7-12(15-9)16-11-6-2-1-5-10(11)14/h1-7H,14H2. The maximum atomic E-state index is 8.69. The Morgan fingerprint density at radius 2 is 1.94 bits per heavy atom. The molecule has 0 radical (unpaired) electrons. The third-order valence-corrected chi connectivity index (χ3v) is 1.97. The van der Waals surface area contributed by atoms with Crippen LogP contribution in [0.3, 0.4) is 0 Å². The summed E-state index contributed by atoms with van der Waals surface area (Å²) < 4.78 is 5.46. The molecule has 1 aromatic heterocycles. The first-order valence-electron chi connectivity index (χ1n) is 4.69. The summed E-state index contributed by atoms with van der Waals surface area (Å²) in [6.45, 7) is 0. The Bertz CT molecular complexity index is 546. The van der Waals surface area contributed by atoms with Gasteiger partial charge in [0.2, 0.25) is 5.88 Å². The zero-order valence-electron chi connectivity index (χ0n) is 8.42. The van der Waals surface area contributed by atoms with Gasteiger partial charge in [0.25, 0.3) is 0 Å². The number of para-hydroxylation sites is 2. The van der Waals surface area contributed by atoms with Gasteiger partial charge in [-0.15, -0.1) is 0 Å². The zero-order chi connectivity index (χ0) is 11.4. The van der Waals surface area contributed by atoms with Crippen LogP contribution in [0.4, 0.5) is 5.69 Å². The lowest BCUT2D eigenvalue weighted by Crippen LogP contribution is -1.93. The molecule has 0 fully saturated rings. The molecule has 0 saturated carbocycles. The molecule has 4 nitrogen and oxygen atoms in total. The predicted molar refractivity (Wildman–Crippen MR) is 59.9 cm³/mol. The third-order valence-electron chi connectivity index (χ3n) is 1.97. The molecule has 0 aliphatic carbocycles. The van der Waals surface area contributed by atoms with Gasteiger partial charge in [0.05, 0.1) is 5.69 Å². The van der Waals surface area contributed by atoms with E-state index >= 15 is 0 Å². The molecule has 2 N–H and O–H groups in total. The number of nitriles is 1. The number of hydrogen-bond acceptors (Lipinski definition) is 4. The number of rotatable bonds is 2. The second-order valence-electron chi connectivity index (χ2n) is 3.11. The molecule has 2 aromatic rings. The molecule has 1 aromatic carbocycles. The first kappa shape index (κ1) is 9.99. The van der Waals surface area contributed by atoms with Gasteiger partial charge >= 0.3 is 0 Å². The number of aromatic nitrogens is 1. The molecule has 0 aliphatic rings. The molecule has 16 heavy (non-hydrogen) atoms. The minimum Gasteiger partial charge on any atom is -0.437 e. The highest BCUT2D eigenvalue weighted by molar-refractivity contribution is 5.53. The second kappa shape index (κ2) is 4.32. The fourth-order valence-electron chi connectivity index (χ4n) is 1.22. The highest BCUT2D eigenvalue weighted by atomic mass is 16.5. The van der Waals surface area contributed by atoms with Crippen molar-refractivity contribution in [3.8, 4) is 17.7 Å². The molecule has 0 atom stereocenters.